The van der Waals surface area contributed by atoms with E-state index in [2.05, 4.69) is 179 Å². The van der Waals surface area contributed by atoms with E-state index >= 15 is 0 Å². The Hall–Kier alpha value is -4.97. The van der Waals surface area contributed by atoms with Crippen LogP contribution in [-0.4, -0.2) is 37.2 Å². The van der Waals surface area contributed by atoms with Crippen molar-refractivity contribution < 1.29 is 28.6 Å². The molecule has 80 heavy (non-hydrogen) atoms. The van der Waals surface area contributed by atoms with Crippen molar-refractivity contribution in [1.82, 2.24) is 0 Å². The summed E-state index contributed by atoms with van der Waals surface area (Å²) in [5.74, 6) is -0.976. The van der Waals surface area contributed by atoms with Crippen LogP contribution in [0, 0.1) is 0 Å². The number of unbranched alkanes of at least 4 members (excludes halogenated alkanes) is 20. The predicted octanol–water partition coefficient (Wildman–Crippen LogP) is 22.5. The Morgan fingerprint density at radius 2 is 0.500 bits per heavy atom. The Morgan fingerprint density at radius 1 is 0.263 bits per heavy atom. The van der Waals surface area contributed by atoms with Crippen molar-refractivity contribution in [3.05, 3.63) is 158 Å². The molecule has 0 aliphatic rings. The van der Waals surface area contributed by atoms with Crippen LogP contribution in [0.25, 0.3) is 0 Å². The first-order chi connectivity index (χ1) is 39.5. The molecule has 0 saturated heterocycles. The van der Waals surface area contributed by atoms with Crippen molar-refractivity contribution >= 4 is 17.9 Å². The highest BCUT2D eigenvalue weighted by Gasteiger charge is 2.19. The normalized spacial score (nSPS) is 13.2. The van der Waals surface area contributed by atoms with Crippen molar-refractivity contribution in [3.63, 3.8) is 0 Å². The molecule has 0 bridgehead atoms. The van der Waals surface area contributed by atoms with Gasteiger partial charge in [0.05, 0.1) is 0 Å². The number of carbonyl (C=O) groups excluding carboxylic acids is 3. The van der Waals surface area contributed by atoms with E-state index in [-0.39, 0.29) is 37.5 Å². The van der Waals surface area contributed by atoms with Crippen LogP contribution in [0.15, 0.2) is 158 Å². The maximum atomic E-state index is 12.9. The second-order valence-electron chi connectivity index (χ2n) is 20.9. The molecule has 450 valence electrons. The molecule has 0 aliphatic carbocycles. The largest absolute Gasteiger partial charge is 0.462 e. The van der Waals surface area contributed by atoms with E-state index in [1.165, 1.54) is 89.9 Å². The molecule has 1 atom stereocenters. The minimum atomic E-state index is -0.817. The van der Waals surface area contributed by atoms with Crippen LogP contribution in [0.1, 0.15) is 271 Å². The van der Waals surface area contributed by atoms with Crippen LogP contribution < -0.4 is 0 Å². The molecule has 0 fully saturated rings. The average Bonchev–Trinajstić information content (AvgIpc) is 3.46. The van der Waals surface area contributed by atoms with Crippen molar-refractivity contribution in [2.24, 2.45) is 0 Å². The minimum absolute atomic E-state index is 0.106. The SMILES string of the molecule is CC/C=C\C/C=C\C/C=C\C/C=C\C/C=C\C/C=C\C/C=C\C/C=C\CCCCCCCCCCC(=O)OCC(COC(=O)CCCCCCCCCCCCCC)OC(=O)CCC/C=C\C/C=C\C/C=C\C/C=C\C/C=C\CC. The van der Waals surface area contributed by atoms with Gasteiger partial charge in [0, 0.05) is 19.3 Å². The molecule has 6 heteroatoms. The standard InChI is InChI=1S/C74H118O6/c1-4-7-10-13-16-19-22-25-27-29-30-31-32-33-34-35-36-37-38-39-40-41-42-43-44-46-47-49-52-55-58-61-64-67-73(76)79-70-71(69-78-72(75)66-63-60-57-54-51-24-21-18-15-12-9-6-3)80-74(77)68-65-62-59-56-53-50-48-45-28-26-23-20-17-14-11-8-5-2/h7-8,10-11,16-17,19-20,25-28,30-31,33-34,36-37,39-40,42-43,48,50,56,59,71H,4-6,9,12-15,18,21-24,29,32,35,38,41,44-47,49,51-55,57-58,60-70H2,1-3H3/b10-7-,11-8-,19-16-,20-17-,27-25-,28-26-,31-30-,34-33-,37-36-,40-39-,43-42-,50-48-,59-56-. The van der Waals surface area contributed by atoms with Crippen LogP contribution in [0.3, 0.4) is 0 Å². The Morgan fingerprint density at radius 3 is 0.800 bits per heavy atom. The third-order valence-corrected chi connectivity index (χ3v) is 13.3. The molecule has 6 nitrogen and oxygen atoms in total. The lowest BCUT2D eigenvalue weighted by molar-refractivity contribution is -0.167. The van der Waals surface area contributed by atoms with Gasteiger partial charge in [-0.05, 0) is 122 Å². The average molecular weight is 1100 g/mol. The van der Waals surface area contributed by atoms with E-state index in [1.54, 1.807) is 0 Å². The van der Waals surface area contributed by atoms with Crippen molar-refractivity contribution in [2.45, 2.75) is 277 Å². The molecule has 0 aromatic carbocycles. The van der Waals surface area contributed by atoms with Gasteiger partial charge in [-0.3, -0.25) is 14.4 Å². The number of rotatable bonds is 57. The van der Waals surface area contributed by atoms with Gasteiger partial charge in [0.25, 0.3) is 0 Å². The van der Waals surface area contributed by atoms with Gasteiger partial charge < -0.3 is 14.2 Å². The zero-order valence-corrected chi connectivity index (χ0v) is 51.5. The van der Waals surface area contributed by atoms with E-state index in [4.69, 9.17) is 14.2 Å². The van der Waals surface area contributed by atoms with Gasteiger partial charge in [-0.15, -0.1) is 0 Å². The first-order valence-corrected chi connectivity index (χ1v) is 32.5. The van der Waals surface area contributed by atoms with E-state index in [0.29, 0.717) is 19.3 Å². The second-order valence-corrected chi connectivity index (χ2v) is 20.9. The molecule has 0 aromatic heterocycles. The Balaban J connectivity index is 4.34. The van der Waals surface area contributed by atoms with Crippen LogP contribution in [0.5, 0.6) is 0 Å². The van der Waals surface area contributed by atoms with Gasteiger partial charge >= 0.3 is 17.9 Å². The van der Waals surface area contributed by atoms with Gasteiger partial charge in [0.2, 0.25) is 0 Å². The molecular formula is C74H118O6. The number of hydrogen-bond acceptors (Lipinski definition) is 6. The zero-order valence-electron chi connectivity index (χ0n) is 51.5. The van der Waals surface area contributed by atoms with Crippen LogP contribution >= 0.6 is 0 Å². The zero-order chi connectivity index (χ0) is 57.8. The van der Waals surface area contributed by atoms with Crippen LogP contribution in [-0.2, 0) is 28.6 Å². The Bertz CT molecular complexity index is 1790. The monoisotopic (exact) mass is 1100 g/mol. The van der Waals surface area contributed by atoms with E-state index in [1.807, 2.05) is 0 Å². The smallest absolute Gasteiger partial charge is 0.306 e. The van der Waals surface area contributed by atoms with Gasteiger partial charge in [-0.1, -0.05) is 288 Å². The summed E-state index contributed by atoms with van der Waals surface area (Å²) in [4.78, 5) is 38.2. The lowest BCUT2D eigenvalue weighted by atomic mass is 10.0. The highest BCUT2D eigenvalue weighted by atomic mass is 16.6. The molecule has 0 saturated carbocycles. The lowest BCUT2D eigenvalue weighted by Crippen LogP contribution is -2.30. The fraction of sp³-hybridized carbons (Fsp3) is 0.608. The van der Waals surface area contributed by atoms with Gasteiger partial charge in [-0.25, -0.2) is 0 Å². The molecule has 0 spiro atoms. The van der Waals surface area contributed by atoms with Crippen LogP contribution in [0.4, 0.5) is 0 Å². The maximum absolute atomic E-state index is 12.9. The molecule has 0 N–H and O–H groups in total. The summed E-state index contributed by atoms with van der Waals surface area (Å²) in [7, 11) is 0. The second kappa shape index (κ2) is 66.5. The topological polar surface area (TPSA) is 78.9 Å². The Labute approximate surface area is 492 Å². The molecule has 0 aliphatic heterocycles. The molecular weight excluding hydrogens is 985 g/mol. The fourth-order valence-electron chi connectivity index (χ4n) is 8.49. The fourth-order valence-corrected chi connectivity index (χ4v) is 8.49. The number of ether oxygens (including phenoxy) is 3. The number of esters is 3. The summed E-state index contributed by atoms with van der Waals surface area (Å²) in [6.07, 6.45) is 96.9. The van der Waals surface area contributed by atoms with Crippen molar-refractivity contribution in [2.75, 3.05) is 13.2 Å². The first-order valence-electron chi connectivity index (χ1n) is 32.5. The van der Waals surface area contributed by atoms with Gasteiger partial charge in [-0.2, -0.15) is 0 Å². The number of allylic oxidation sites excluding steroid dienone is 26. The quantitative estimate of drug-likeness (QED) is 0.0261. The van der Waals surface area contributed by atoms with Gasteiger partial charge in [0.1, 0.15) is 13.2 Å². The third-order valence-electron chi connectivity index (χ3n) is 13.3. The minimum Gasteiger partial charge on any atom is -0.462 e. The summed E-state index contributed by atoms with van der Waals surface area (Å²) >= 11 is 0. The molecule has 0 aromatic rings. The van der Waals surface area contributed by atoms with E-state index < -0.39 is 6.10 Å². The summed E-state index contributed by atoms with van der Waals surface area (Å²) in [5.41, 5.74) is 0. The molecule has 0 rings (SSSR count). The molecule has 0 amide bonds. The first kappa shape index (κ1) is 75.0. The Kier molecular flexibility index (Phi) is 62.4. The van der Waals surface area contributed by atoms with Crippen molar-refractivity contribution in [3.8, 4) is 0 Å². The highest BCUT2D eigenvalue weighted by Crippen LogP contribution is 2.15. The molecule has 1 unspecified atom stereocenters. The molecule has 0 heterocycles. The summed E-state index contributed by atoms with van der Waals surface area (Å²) in [6, 6.07) is 0. The van der Waals surface area contributed by atoms with E-state index in [0.717, 1.165) is 135 Å². The summed E-state index contributed by atoms with van der Waals surface area (Å²) in [6.45, 7) is 6.35. The summed E-state index contributed by atoms with van der Waals surface area (Å²) in [5, 5.41) is 0. The van der Waals surface area contributed by atoms with Crippen LogP contribution in [0.2, 0.25) is 0 Å². The lowest BCUT2D eigenvalue weighted by Gasteiger charge is -2.18. The van der Waals surface area contributed by atoms with Crippen molar-refractivity contribution in [1.29, 1.82) is 0 Å². The predicted molar refractivity (Wildman–Crippen MR) is 348 cm³/mol. The number of hydrogen-bond donors (Lipinski definition) is 0. The number of carbonyl (C=O) groups is 3. The maximum Gasteiger partial charge on any atom is 0.306 e. The summed E-state index contributed by atoms with van der Waals surface area (Å²) < 4.78 is 16.8. The van der Waals surface area contributed by atoms with Gasteiger partial charge in [0.15, 0.2) is 6.10 Å². The molecule has 0 radical (unpaired) electrons. The van der Waals surface area contributed by atoms with E-state index in [9.17, 15) is 14.4 Å². The third kappa shape index (κ3) is 63.9. The highest BCUT2D eigenvalue weighted by molar-refractivity contribution is 5.71.